The Morgan fingerprint density at radius 2 is 1.80 bits per heavy atom. The summed E-state index contributed by atoms with van der Waals surface area (Å²) >= 11 is 1.59. The lowest BCUT2D eigenvalue weighted by molar-refractivity contribution is 0.0391. The largest absolute Gasteiger partial charge is 0.379 e. The van der Waals surface area contributed by atoms with E-state index in [1.165, 1.54) is 11.1 Å². The molecule has 160 valence electrons. The van der Waals surface area contributed by atoms with Gasteiger partial charge < -0.3 is 4.74 Å². The molecule has 0 saturated carbocycles. The van der Waals surface area contributed by atoms with Crippen molar-refractivity contribution in [2.24, 2.45) is 0 Å². The Kier molecular flexibility index (Phi) is 7.47. The minimum Gasteiger partial charge on any atom is -0.379 e. The van der Waals surface area contributed by atoms with Gasteiger partial charge in [0.1, 0.15) is 0 Å². The molecule has 1 amide bonds. The molecule has 1 fully saturated rings. The SMILES string of the molecule is Cc1ccc(C(=O)N(CCN2CCOCC2)c2nc3c(C)c(C)ccc3s2)cc1.Cl. The van der Waals surface area contributed by atoms with Gasteiger partial charge in [-0.1, -0.05) is 35.1 Å². The fourth-order valence-corrected chi connectivity index (χ4v) is 4.58. The quantitative estimate of drug-likeness (QED) is 0.574. The number of rotatable bonds is 5. The summed E-state index contributed by atoms with van der Waals surface area (Å²) in [6.07, 6.45) is 0. The smallest absolute Gasteiger partial charge is 0.260 e. The number of amides is 1. The fourth-order valence-electron chi connectivity index (χ4n) is 3.53. The number of carbonyl (C=O) groups is 1. The minimum absolute atomic E-state index is 0. The molecule has 0 bridgehead atoms. The molecular formula is C23H28ClN3O2S. The Balaban J connectivity index is 0.00000256. The van der Waals surface area contributed by atoms with Gasteiger partial charge in [-0.15, -0.1) is 12.4 Å². The predicted molar refractivity (Wildman–Crippen MR) is 126 cm³/mol. The van der Waals surface area contributed by atoms with Crippen LogP contribution in [0.15, 0.2) is 36.4 Å². The van der Waals surface area contributed by atoms with Crippen LogP contribution in [0.25, 0.3) is 10.2 Å². The number of morpholine rings is 1. The number of hydrogen-bond acceptors (Lipinski definition) is 5. The molecule has 0 atom stereocenters. The zero-order chi connectivity index (χ0) is 20.4. The molecule has 2 heterocycles. The third-order valence-electron chi connectivity index (χ3n) is 5.59. The van der Waals surface area contributed by atoms with Crippen LogP contribution in [0.1, 0.15) is 27.0 Å². The summed E-state index contributed by atoms with van der Waals surface area (Å²) < 4.78 is 6.57. The lowest BCUT2D eigenvalue weighted by Gasteiger charge is -2.29. The molecule has 1 aliphatic heterocycles. The molecular weight excluding hydrogens is 418 g/mol. The Morgan fingerprint density at radius 1 is 1.10 bits per heavy atom. The van der Waals surface area contributed by atoms with E-state index in [0.29, 0.717) is 12.1 Å². The van der Waals surface area contributed by atoms with E-state index < -0.39 is 0 Å². The number of fused-ring (bicyclic) bond motifs is 1. The van der Waals surface area contributed by atoms with Crippen molar-refractivity contribution in [3.63, 3.8) is 0 Å². The van der Waals surface area contributed by atoms with Crippen molar-refractivity contribution in [2.75, 3.05) is 44.3 Å². The highest BCUT2D eigenvalue weighted by Gasteiger charge is 2.23. The maximum absolute atomic E-state index is 13.4. The molecule has 1 saturated heterocycles. The van der Waals surface area contributed by atoms with E-state index in [2.05, 4.69) is 30.9 Å². The summed E-state index contributed by atoms with van der Waals surface area (Å²) in [5.41, 5.74) is 5.25. The average molecular weight is 446 g/mol. The normalized spacial score (nSPS) is 14.5. The van der Waals surface area contributed by atoms with Crippen molar-refractivity contribution >= 4 is 45.0 Å². The number of hydrogen-bond donors (Lipinski definition) is 0. The number of anilines is 1. The topological polar surface area (TPSA) is 45.7 Å². The minimum atomic E-state index is 0. The fraction of sp³-hybridized carbons (Fsp3) is 0.391. The molecule has 0 unspecified atom stereocenters. The van der Waals surface area contributed by atoms with Gasteiger partial charge in [-0.05, 0) is 50.1 Å². The molecule has 3 aromatic rings. The summed E-state index contributed by atoms with van der Waals surface area (Å²) in [6, 6.07) is 12.0. The summed E-state index contributed by atoms with van der Waals surface area (Å²) in [7, 11) is 0. The molecule has 30 heavy (non-hydrogen) atoms. The van der Waals surface area contributed by atoms with Crippen LogP contribution in [0.4, 0.5) is 5.13 Å². The molecule has 7 heteroatoms. The van der Waals surface area contributed by atoms with Gasteiger partial charge in [-0.25, -0.2) is 4.98 Å². The first-order chi connectivity index (χ1) is 14.0. The third-order valence-corrected chi connectivity index (χ3v) is 6.64. The molecule has 0 N–H and O–H groups in total. The van der Waals surface area contributed by atoms with Gasteiger partial charge >= 0.3 is 0 Å². The van der Waals surface area contributed by atoms with Crippen molar-refractivity contribution < 1.29 is 9.53 Å². The van der Waals surface area contributed by atoms with Gasteiger partial charge in [0.05, 0.1) is 23.4 Å². The van der Waals surface area contributed by atoms with Gasteiger partial charge in [0.25, 0.3) is 5.91 Å². The number of nitrogens with zero attached hydrogens (tertiary/aromatic N) is 3. The number of ether oxygens (including phenoxy) is 1. The number of carbonyl (C=O) groups excluding carboxylic acids is 1. The highest BCUT2D eigenvalue weighted by molar-refractivity contribution is 7.22. The summed E-state index contributed by atoms with van der Waals surface area (Å²) in [4.78, 5) is 22.5. The lowest BCUT2D eigenvalue weighted by atomic mass is 10.1. The maximum Gasteiger partial charge on any atom is 0.260 e. The van der Waals surface area contributed by atoms with E-state index in [9.17, 15) is 4.79 Å². The van der Waals surface area contributed by atoms with Crippen molar-refractivity contribution in [1.29, 1.82) is 0 Å². The Hall–Kier alpha value is -1.99. The second kappa shape index (κ2) is 9.88. The van der Waals surface area contributed by atoms with E-state index >= 15 is 0 Å². The van der Waals surface area contributed by atoms with E-state index in [-0.39, 0.29) is 18.3 Å². The van der Waals surface area contributed by atoms with E-state index in [0.717, 1.165) is 53.8 Å². The molecule has 5 nitrogen and oxygen atoms in total. The van der Waals surface area contributed by atoms with Crippen molar-refractivity contribution in [3.05, 3.63) is 58.7 Å². The molecule has 4 rings (SSSR count). The predicted octanol–water partition coefficient (Wildman–Crippen LogP) is 4.62. The molecule has 2 aromatic carbocycles. The highest BCUT2D eigenvalue weighted by Crippen LogP contribution is 2.32. The zero-order valence-corrected chi connectivity index (χ0v) is 19.3. The van der Waals surface area contributed by atoms with Gasteiger partial charge in [-0.2, -0.15) is 0 Å². The highest BCUT2D eigenvalue weighted by atomic mass is 35.5. The first-order valence-corrected chi connectivity index (χ1v) is 10.9. The van der Waals surface area contributed by atoms with Gasteiger partial charge in [0.2, 0.25) is 0 Å². The van der Waals surface area contributed by atoms with Crippen LogP contribution in [0, 0.1) is 20.8 Å². The van der Waals surface area contributed by atoms with E-state index in [1.54, 1.807) is 11.3 Å². The van der Waals surface area contributed by atoms with Crippen molar-refractivity contribution in [3.8, 4) is 0 Å². The first-order valence-electron chi connectivity index (χ1n) is 10.1. The molecule has 0 radical (unpaired) electrons. The maximum atomic E-state index is 13.4. The van der Waals surface area contributed by atoms with E-state index in [4.69, 9.17) is 9.72 Å². The summed E-state index contributed by atoms with van der Waals surface area (Å²) in [5, 5.41) is 0.771. The van der Waals surface area contributed by atoms with E-state index in [1.807, 2.05) is 36.1 Å². The molecule has 0 spiro atoms. The van der Waals surface area contributed by atoms with Crippen LogP contribution in [0.2, 0.25) is 0 Å². The number of halogens is 1. The summed E-state index contributed by atoms with van der Waals surface area (Å²) in [5.74, 6) is 0.00619. The van der Waals surface area contributed by atoms with Crippen molar-refractivity contribution in [1.82, 2.24) is 9.88 Å². The Bertz CT molecular complexity index is 1010. The Morgan fingerprint density at radius 3 is 2.50 bits per heavy atom. The number of thiazole rings is 1. The van der Waals surface area contributed by atoms with Crippen LogP contribution < -0.4 is 4.90 Å². The first kappa shape index (κ1) is 22.7. The Labute approximate surface area is 188 Å². The number of aromatic nitrogens is 1. The second-order valence-electron chi connectivity index (χ2n) is 7.63. The lowest BCUT2D eigenvalue weighted by Crippen LogP contribution is -2.43. The van der Waals surface area contributed by atoms with Gasteiger partial charge in [0.15, 0.2) is 5.13 Å². The monoisotopic (exact) mass is 445 g/mol. The third kappa shape index (κ3) is 4.83. The van der Waals surface area contributed by atoms with Crippen LogP contribution in [0.3, 0.4) is 0 Å². The van der Waals surface area contributed by atoms with Crippen LogP contribution in [-0.2, 0) is 4.74 Å². The number of benzene rings is 2. The molecule has 0 aliphatic carbocycles. The number of aryl methyl sites for hydroxylation is 3. The van der Waals surface area contributed by atoms with Crippen LogP contribution >= 0.6 is 23.7 Å². The average Bonchev–Trinajstić information content (AvgIpc) is 3.17. The zero-order valence-electron chi connectivity index (χ0n) is 17.7. The van der Waals surface area contributed by atoms with Gasteiger partial charge in [-0.3, -0.25) is 14.6 Å². The van der Waals surface area contributed by atoms with Crippen molar-refractivity contribution in [2.45, 2.75) is 20.8 Å². The second-order valence-corrected chi connectivity index (χ2v) is 8.64. The molecule has 1 aliphatic rings. The standard InChI is InChI=1S/C23H27N3O2S.ClH/c1-16-4-7-19(8-5-16)22(27)26(11-10-25-12-14-28-15-13-25)23-24-21-18(3)17(2)6-9-20(21)29-23;/h4-9H,10-15H2,1-3H3;1H. The van der Waals surface area contributed by atoms with Crippen LogP contribution in [0.5, 0.6) is 0 Å². The molecule has 1 aromatic heterocycles. The van der Waals surface area contributed by atoms with Crippen LogP contribution in [-0.4, -0.2) is 55.2 Å². The summed E-state index contributed by atoms with van der Waals surface area (Å²) in [6.45, 7) is 11.0. The van der Waals surface area contributed by atoms with Gasteiger partial charge in [0, 0.05) is 31.7 Å².